The molecule has 0 saturated heterocycles. The largest absolute Gasteiger partial charge is 0.355 e. The first-order chi connectivity index (χ1) is 8.25. The van der Waals surface area contributed by atoms with Crippen LogP contribution >= 0.6 is 0 Å². The summed E-state index contributed by atoms with van der Waals surface area (Å²) in [4.78, 5) is 16.1. The lowest BCUT2D eigenvalue weighted by atomic mass is 9.74. The lowest BCUT2D eigenvalue weighted by Gasteiger charge is -2.36. The van der Waals surface area contributed by atoms with Crippen molar-refractivity contribution in [2.24, 2.45) is 11.1 Å². The first kappa shape index (κ1) is 14.6. The predicted molar refractivity (Wildman–Crippen MR) is 73.0 cm³/mol. The smallest absolute Gasteiger partial charge is 0.227 e. The first-order valence-corrected chi connectivity index (χ1v) is 6.21. The van der Waals surface area contributed by atoms with Gasteiger partial charge in [-0.15, -0.1) is 0 Å². The zero-order valence-electron chi connectivity index (χ0n) is 11.7. The maximum absolute atomic E-state index is 12.1. The molecule has 0 radical (unpaired) electrons. The van der Waals surface area contributed by atoms with E-state index in [1.165, 1.54) is 0 Å². The molecule has 100 valence electrons. The average molecular weight is 249 g/mol. The third kappa shape index (κ3) is 3.53. The van der Waals surface area contributed by atoms with Crippen molar-refractivity contribution in [1.29, 1.82) is 0 Å². The van der Waals surface area contributed by atoms with Crippen LogP contribution in [0.25, 0.3) is 0 Å². The normalized spacial score (nSPS) is 12.3. The van der Waals surface area contributed by atoms with Crippen molar-refractivity contribution in [2.75, 3.05) is 6.54 Å². The van der Waals surface area contributed by atoms with Gasteiger partial charge in [0.2, 0.25) is 5.91 Å². The fourth-order valence-electron chi connectivity index (χ4n) is 1.38. The Morgan fingerprint density at radius 2 is 1.83 bits per heavy atom. The van der Waals surface area contributed by atoms with Gasteiger partial charge in [-0.2, -0.15) is 0 Å². The summed E-state index contributed by atoms with van der Waals surface area (Å²) in [6.45, 7) is 8.09. The molecule has 0 unspecified atom stereocenters. The molecule has 0 aliphatic heterocycles. The van der Waals surface area contributed by atoms with Gasteiger partial charge in [0.1, 0.15) is 0 Å². The number of carbonyl (C=O) groups is 1. The molecule has 4 heteroatoms. The second kappa shape index (κ2) is 5.48. The third-order valence-corrected chi connectivity index (χ3v) is 3.63. The number of nitrogens with one attached hydrogen (secondary N) is 1. The summed E-state index contributed by atoms with van der Waals surface area (Å²) in [6.07, 6.45) is 4.31. The van der Waals surface area contributed by atoms with E-state index in [9.17, 15) is 4.79 Å². The van der Waals surface area contributed by atoms with Crippen LogP contribution < -0.4 is 11.1 Å². The summed E-state index contributed by atoms with van der Waals surface area (Å²) in [6, 6.07) is 3.90. The van der Waals surface area contributed by atoms with E-state index in [0.29, 0.717) is 6.54 Å². The summed E-state index contributed by atoms with van der Waals surface area (Å²) in [5, 5.41) is 2.94. The molecule has 0 bridgehead atoms. The van der Waals surface area contributed by atoms with E-state index in [-0.39, 0.29) is 5.91 Å². The highest BCUT2D eigenvalue weighted by Gasteiger charge is 2.40. The minimum absolute atomic E-state index is 0.0101. The van der Waals surface area contributed by atoms with Crippen molar-refractivity contribution in [3.63, 3.8) is 0 Å². The van der Waals surface area contributed by atoms with Crippen LogP contribution in [0.2, 0.25) is 0 Å². The van der Waals surface area contributed by atoms with E-state index in [1.807, 2.05) is 39.8 Å². The van der Waals surface area contributed by atoms with Gasteiger partial charge in [0.15, 0.2) is 0 Å². The number of carbonyl (C=O) groups excluding carboxylic acids is 1. The van der Waals surface area contributed by atoms with E-state index >= 15 is 0 Å². The van der Waals surface area contributed by atoms with Crippen molar-refractivity contribution >= 4 is 5.91 Å². The highest BCUT2D eigenvalue weighted by atomic mass is 16.2. The van der Waals surface area contributed by atoms with E-state index in [4.69, 9.17) is 5.73 Å². The SMILES string of the molecule is CC(C)(N)C(C)(C)C(=O)NCCc1ccncc1. The first-order valence-electron chi connectivity index (χ1n) is 6.21. The van der Waals surface area contributed by atoms with Crippen molar-refractivity contribution < 1.29 is 4.79 Å². The van der Waals surface area contributed by atoms with Crippen LogP contribution in [-0.2, 0) is 11.2 Å². The zero-order chi connectivity index (χ0) is 13.8. The van der Waals surface area contributed by atoms with Crippen LogP contribution in [0.1, 0.15) is 33.3 Å². The monoisotopic (exact) mass is 249 g/mol. The Kier molecular flexibility index (Phi) is 4.46. The van der Waals surface area contributed by atoms with Gasteiger partial charge in [-0.25, -0.2) is 0 Å². The number of nitrogens with two attached hydrogens (primary N) is 1. The molecule has 0 aromatic carbocycles. The highest BCUT2D eigenvalue weighted by Crippen LogP contribution is 2.28. The molecule has 0 aliphatic carbocycles. The molecule has 1 aromatic rings. The molecular weight excluding hydrogens is 226 g/mol. The molecule has 0 atom stereocenters. The van der Waals surface area contributed by atoms with Crippen LogP contribution in [0.15, 0.2) is 24.5 Å². The lowest BCUT2D eigenvalue weighted by Crippen LogP contribution is -2.55. The molecule has 0 spiro atoms. The molecule has 0 fully saturated rings. The number of rotatable bonds is 5. The van der Waals surface area contributed by atoms with E-state index in [1.54, 1.807) is 12.4 Å². The van der Waals surface area contributed by atoms with E-state index in [2.05, 4.69) is 10.3 Å². The van der Waals surface area contributed by atoms with Gasteiger partial charge in [0.05, 0.1) is 5.41 Å². The number of nitrogens with zero attached hydrogens (tertiary/aromatic N) is 1. The van der Waals surface area contributed by atoms with Crippen molar-refractivity contribution in [3.8, 4) is 0 Å². The molecule has 1 aromatic heterocycles. The number of hydrogen-bond donors (Lipinski definition) is 2. The van der Waals surface area contributed by atoms with Gasteiger partial charge in [0, 0.05) is 24.5 Å². The van der Waals surface area contributed by atoms with Gasteiger partial charge in [-0.1, -0.05) is 0 Å². The van der Waals surface area contributed by atoms with Gasteiger partial charge >= 0.3 is 0 Å². The Balaban J connectivity index is 2.48. The van der Waals surface area contributed by atoms with Crippen LogP contribution in [0, 0.1) is 5.41 Å². The summed E-state index contributed by atoms with van der Waals surface area (Å²) in [5.74, 6) is -0.0101. The molecule has 4 nitrogen and oxygen atoms in total. The summed E-state index contributed by atoms with van der Waals surface area (Å²) < 4.78 is 0. The van der Waals surface area contributed by atoms with E-state index < -0.39 is 11.0 Å². The second-order valence-electron chi connectivity index (χ2n) is 5.71. The molecule has 1 rings (SSSR count). The maximum Gasteiger partial charge on any atom is 0.227 e. The fraction of sp³-hybridized carbons (Fsp3) is 0.571. The number of pyridine rings is 1. The standard InChI is InChI=1S/C14H23N3O/c1-13(2,14(3,4)15)12(18)17-10-7-11-5-8-16-9-6-11/h5-6,8-9H,7,10,15H2,1-4H3,(H,17,18). The van der Waals surface area contributed by atoms with Crippen LogP contribution in [0.4, 0.5) is 0 Å². The molecule has 0 aliphatic rings. The number of amides is 1. The quantitative estimate of drug-likeness (QED) is 0.831. The summed E-state index contributed by atoms with van der Waals surface area (Å²) in [5.41, 5.74) is 6.05. The van der Waals surface area contributed by atoms with E-state index in [0.717, 1.165) is 12.0 Å². The molecule has 1 heterocycles. The van der Waals surface area contributed by atoms with Gasteiger partial charge in [0.25, 0.3) is 0 Å². The lowest BCUT2D eigenvalue weighted by molar-refractivity contribution is -0.132. The topological polar surface area (TPSA) is 68.0 Å². The van der Waals surface area contributed by atoms with Crippen molar-refractivity contribution in [2.45, 2.75) is 39.7 Å². The zero-order valence-corrected chi connectivity index (χ0v) is 11.7. The molecule has 18 heavy (non-hydrogen) atoms. The molecule has 0 saturated carbocycles. The third-order valence-electron chi connectivity index (χ3n) is 3.63. The molecular formula is C14H23N3O. The Morgan fingerprint density at radius 3 is 2.33 bits per heavy atom. The Labute approximate surface area is 109 Å². The Morgan fingerprint density at radius 1 is 1.28 bits per heavy atom. The van der Waals surface area contributed by atoms with Crippen molar-refractivity contribution in [1.82, 2.24) is 10.3 Å². The van der Waals surface area contributed by atoms with Crippen molar-refractivity contribution in [3.05, 3.63) is 30.1 Å². The minimum atomic E-state index is -0.592. The number of hydrogen-bond acceptors (Lipinski definition) is 3. The summed E-state index contributed by atoms with van der Waals surface area (Å²) >= 11 is 0. The predicted octanol–water partition coefficient (Wildman–Crippen LogP) is 1.50. The number of aromatic nitrogens is 1. The Hall–Kier alpha value is -1.42. The van der Waals surface area contributed by atoms with Crippen LogP contribution in [0.3, 0.4) is 0 Å². The van der Waals surface area contributed by atoms with Crippen LogP contribution in [-0.4, -0.2) is 23.0 Å². The Bertz CT molecular complexity index is 393. The van der Waals surface area contributed by atoms with Gasteiger partial charge in [-0.3, -0.25) is 9.78 Å². The molecule has 1 amide bonds. The summed E-state index contributed by atoms with van der Waals surface area (Å²) in [7, 11) is 0. The van der Waals surface area contributed by atoms with Gasteiger partial charge in [-0.05, 0) is 51.8 Å². The van der Waals surface area contributed by atoms with Gasteiger partial charge < -0.3 is 11.1 Å². The van der Waals surface area contributed by atoms with Crippen LogP contribution in [0.5, 0.6) is 0 Å². The minimum Gasteiger partial charge on any atom is -0.355 e. The fourth-order valence-corrected chi connectivity index (χ4v) is 1.38. The maximum atomic E-state index is 12.1. The molecule has 3 N–H and O–H groups in total. The second-order valence-corrected chi connectivity index (χ2v) is 5.71. The average Bonchev–Trinajstić information content (AvgIpc) is 2.28. The highest BCUT2D eigenvalue weighted by molar-refractivity contribution is 5.83.